The molecule has 0 aromatic carbocycles. The normalized spacial score (nSPS) is 22.9. The van der Waals surface area contributed by atoms with Crippen LogP contribution in [0.15, 0.2) is 20.7 Å². The van der Waals surface area contributed by atoms with Crippen LogP contribution >= 0.6 is 35.0 Å². The number of pyridine rings is 1. The number of nitrogens with zero attached hydrogens (tertiary/aromatic N) is 4. The number of nitrogen functional groups attached to an aromatic ring is 2. The molecule has 1 spiro atoms. The van der Waals surface area contributed by atoms with E-state index in [2.05, 4.69) is 21.8 Å². The van der Waals surface area contributed by atoms with Gasteiger partial charge < -0.3 is 22.1 Å². The summed E-state index contributed by atoms with van der Waals surface area (Å²) in [6, 6.07) is 1.80. The van der Waals surface area contributed by atoms with Gasteiger partial charge in [-0.05, 0) is 43.1 Å². The van der Waals surface area contributed by atoms with E-state index in [0.717, 1.165) is 44.1 Å². The average molecular weight is 484 g/mol. The van der Waals surface area contributed by atoms with Crippen molar-refractivity contribution in [2.24, 2.45) is 24.1 Å². The molecule has 0 unspecified atom stereocenters. The van der Waals surface area contributed by atoms with Crippen LogP contribution in [0.1, 0.15) is 32.6 Å². The topological polar surface area (TPSA) is 129 Å². The molecule has 1 saturated heterocycles. The van der Waals surface area contributed by atoms with Gasteiger partial charge in [0.05, 0.1) is 5.02 Å². The summed E-state index contributed by atoms with van der Waals surface area (Å²) >= 11 is 13.3. The Labute approximate surface area is 195 Å². The third-order valence-electron chi connectivity index (χ3n) is 6.61. The summed E-state index contributed by atoms with van der Waals surface area (Å²) in [6.45, 7) is 3.88. The van der Waals surface area contributed by atoms with E-state index in [1.807, 2.05) is 0 Å². The molecule has 168 valence electrons. The third kappa shape index (κ3) is 4.08. The second-order valence-electron chi connectivity index (χ2n) is 8.74. The molecule has 11 heteroatoms. The Hall–Kier alpha value is -1.68. The number of hydrogen-bond acceptors (Lipinski definition) is 8. The summed E-state index contributed by atoms with van der Waals surface area (Å²) in [5.74, 6) is 1.59. The van der Waals surface area contributed by atoms with Crippen LogP contribution in [0.25, 0.3) is 0 Å². The molecular weight excluding hydrogens is 457 g/mol. The van der Waals surface area contributed by atoms with Crippen LogP contribution < -0.4 is 27.7 Å². The van der Waals surface area contributed by atoms with Crippen molar-refractivity contribution >= 4 is 52.5 Å². The van der Waals surface area contributed by atoms with Gasteiger partial charge in [-0.15, -0.1) is 0 Å². The summed E-state index contributed by atoms with van der Waals surface area (Å²) in [6.07, 6.45) is 4.25. The molecule has 2 aromatic heterocycles. The largest absolute Gasteiger partial charge is 0.384 e. The summed E-state index contributed by atoms with van der Waals surface area (Å²) < 4.78 is 1.54. The van der Waals surface area contributed by atoms with Crippen molar-refractivity contribution in [2.45, 2.75) is 48.4 Å². The Kier molecular flexibility index (Phi) is 6.06. The van der Waals surface area contributed by atoms with E-state index in [-0.39, 0.29) is 43.7 Å². The van der Waals surface area contributed by atoms with Gasteiger partial charge >= 0.3 is 0 Å². The van der Waals surface area contributed by atoms with E-state index in [0.29, 0.717) is 16.8 Å². The highest BCUT2D eigenvalue weighted by atomic mass is 35.5. The molecule has 1 saturated carbocycles. The summed E-state index contributed by atoms with van der Waals surface area (Å²) in [4.78, 5) is 24.5. The van der Waals surface area contributed by atoms with Crippen molar-refractivity contribution in [3.63, 3.8) is 0 Å². The predicted octanol–water partition coefficient (Wildman–Crippen LogP) is 3.14. The average Bonchev–Trinajstić information content (AvgIpc) is 2.98. The number of nitrogens with two attached hydrogens (primary N) is 3. The molecule has 4 rings (SSSR count). The molecule has 1 aliphatic carbocycles. The Morgan fingerprint density at radius 1 is 1.23 bits per heavy atom. The number of piperidine rings is 1. The molecule has 2 atom stereocenters. The SMILES string of the molecule is C[C@H]1C[C@@H](N)C2(CCN(c3nc(N)c(Sc4cc(N)nc(Cl)c4Cl)c(=O)n3C)CC2)C1. The molecule has 2 aliphatic rings. The van der Waals surface area contributed by atoms with Crippen molar-refractivity contribution < 1.29 is 0 Å². The van der Waals surface area contributed by atoms with Gasteiger partial charge in [0.2, 0.25) is 5.95 Å². The van der Waals surface area contributed by atoms with E-state index in [1.54, 1.807) is 13.1 Å². The lowest BCUT2D eigenvalue weighted by Crippen LogP contribution is -2.48. The van der Waals surface area contributed by atoms with Crippen LogP contribution in [0.4, 0.5) is 17.6 Å². The smallest absolute Gasteiger partial charge is 0.270 e. The van der Waals surface area contributed by atoms with Gasteiger partial charge in [0.1, 0.15) is 16.5 Å². The first-order valence-electron chi connectivity index (χ1n) is 10.3. The van der Waals surface area contributed by atoms with Gasteiger partial charge in [0.15, 0.2) is 5.15 Å². The summed E-state index contributed by atoms with van der Waals surface area (Å²) in [5, 5.41) is 0.292. The maximum absolute atomic E-state index is 13.1. The zero-order valence-electron chi connectivity index (χ0n) is 17.6. The molecule has 31 heavy (non-hydrogen) atoms. The lowest BCUT2D eigenvalue weighted by molar-refractivity contribution is 0.192. The quantitative estimate of drug-likeness (QED) is 0.567. The lowest BCUT2D eigenvalue weighted by atomic mass is 9.74. The molecule has 0 radical (unpaired) electrons. The number of rotatable bonds is 3. The summed E-state index contributed by atoms with van der Waals surface area (Å²) in [7, 11) is 1.71. The van der Waals surface area contributed by atoms with Crippen molar-refractivity contribution in [3.05, 3.63) is 26.6 Å². The number of anilines is 3. The van der Waals surface area contributed by atoms with E-state index in [1.165, 1.54) is 11.0 Å². The van der Waals surface area contributed by atoms with Crippen LogP contribution in [0.2, 0.25) is 10.2 Å². The molecule has 1 aliphatic heterocycles. The fourth-order valence-corrected chi connectivity index (χ4v) is 6.41. The third-order valence-corrected chi connectivity index (χ3v) is 8.60. The van der Waals surface area contributed by atoms with E-state index in [9.17, 15) is 4.79 Å². The monoisotopic (exact) mass is 483 g/mol. The number of aromatic nitrogens is 3. The maximum Gasteiger partial charge on any atom is 0.270 e. The van der Waals surface area contributed by atoms with E-state index >= 15 is 0 Å². The highest BCUT2D eigenvalue weighted by Gasteiger charge is 2.46. The van der Waals surface area contributed by atoms with Crippen LogP contribution in [0, 0.1) is 11.3 Å². The lowest BCUT2D eigenvalue weighted by Gasteiger charge is -2.42. The van der Waals surface area contributed by atoms with E-state index in [4.69, 9.17) is 40.4 Å². The number of halogens is 2. The molecule has 0 amide bonds. The fourth-order valence-electron chi connectivity index (χ4n) is 4.98. The van der Waals surface area contributed by atoms with Crippen LogP contribution in [0.3, 0.4) is 0 Å². The molecule has 2 aromatic rings. The highest BCUT2D eigenvalue weighted by molar-refractivity contribution is 7.99. The van der Waals surface area contributed by atoms with Gasteiger partial charge in [-0.1, -0.05) is 41.9 Å². The molecule has 3 heterocycles. The van der Waals surface area contributed by atoms with Crippen molar-refractivity contribution in [3.8, 4) is 0 Å². The van der Waals surface area contributed by atoms with Crippen molar-refractivity contribution in [1.29, 1.82) is 0 Å². The number of hydrogen-bond donors (Lipinski definition) is 3. The Morgan fingerprint density at radius 3 is 2.52 bits per heavy atom. The van der Waals surface area contributed by atoms with Crippen LogP contribution in [-0.4, -0.2) is 33.7 Å². The zero-order valence-corrected chi connectivity index (χ0v) is 19.9. The van der Waals surface area contributed by atoms with Crippen molar-refractivity contribution in [2.75, 3.05) is 29.5 Å². The molecular formula is C20H27Cl2N7OS. The van der Waals surface area contributed by atoms with Gasteiger partial charge in [0, 0.05) is 31.1 Å². The van der Waals surface area contributed by atoms with Gasteiger partial charge in [-0.2, -0.15) is 4.98 Å². The molecule has 0 bridgehead atoms. The maximum atomic E-state index is 13.1. The second kappa shape index (κ2) is 8.35. The Bertz CT molecular complexity index is 1070. The van der Waals surface area contributed by atoms with Gasteiger partial charge in [-0.25, -0.2) is 4.98 Å². The first kappa shape index (κ1) is 22.5. The molecule has 8 nitrogen and oxygen atoms in total. The van der Waals surface area contributed by atoms with Crippen LogP contribution in [0.5, 0.6) is 0 Å². The Balaban J connectivity index is 1.59. The zero-order chi connectivity index (χ0) is 22.5. The predicted molar refractivity (Wildman–Crippen MR) is 127 cm³/mol. The van der Waals surface area contributed by atoms with Gasteiger partial charge in [0.25, 0.3) is 5.56 Å². The van der Waals surface area contributed by atoms with Gasteiger partial charge in [-0.3, -0.25) is 9.36 Å². The Morgan fingerprint density at radius 2 is 1.90 bits per heavy atom. The van der Waals surface area contributed by atoms with E-state index < -0.39 is 0 Å². The summed E-state index contributed by atoms with van der Waals surface area (Å²) in [5.41, 5.74) is 18.4. The van der Waals surface area contributed by atoms with Crippen molar-refractivity contribution in [1.82, 2.24) is 14.5 Å². The minimum atomic E-state index is -0.249. The molecule has 6 N–H and O–H groups in total. The highest BCUT2D eigenvalue weighted by Crippen LogP contribution is 2.48. The minimum absolute atomic E-state index is 0.0748. The fraction of sp³-hybridized carbons (Fsp3) is 0.550. The first-order chi connectivity index (χ1) is 14.6. The van der Waals surface area contributed by atoms with Crippen LogP contribution in [-0.2, 0) is 7.05 Å². The second-order valence-corrected chi connectivity index (χ2v) is 10.5. The first-order valence-corrected chi connectivity index (χ1v) is 11.8. The standard InChI is InChI=1S/C20H27Cl2N7OS/c1-10-7-12(23)20(9-10)3-5-29(6-4-20)19-27-17(25)15(18(30)28(19)2)31-11-8-13(24)26-16(22)14(11)21/h8,10,12H,3-7,9,23,25H2,1-2H3,(H2,24,26)/t10-,12+/m0/s1. The molecule has 2 fully saturated rings. The minimum Gasteiger partial charge on any atom is -0.384 e.